The van der Waals surface area contributed by atoms with Gasteiger partial charge in [-0.1, -0.05) is 6.92 Å². The van der Waals surface area contributed by atoms with Crippen molar-refractivity contribution >= 4 is 27.3 Å². The van der Waals surface area contributed by atoms with Crippen LogP contribution in [0.1, 0.15) is 25.1 Å². The third-order valence-electron chi connectivity index (χ3n) is 3.56. The Morgan fingerprint density at radius 2 is 2.21 bits per heavy atom. The van der Waals surface area contributed by atoms with Gasteiger partial charge >= 0.3 is 5.97 Å². The van der Waals surface area contributed by atoms with Crippen molar-refractivity contribution in [3.05, 3.63) is 17.0 Å². The Balaban J connectivity index is 2.28. The lowest BCUT2D eigenvalue weighted by molar-refractivity contribution is -0.142. The van der Waals surface area contributed by atoms with Gasteiger partial charge in [-0.3, -0.25) is 4.79 Å². The Kier molecular flexibility index (Phi) is 3.98. The summed E-state index contributed by atoms with van der Waals surface area (Å²) >= 11 is 1.26. The van der Waals surface area contributed by atoms with Crippen molar-refractivity contribution in [3.8, 4) is 0 Å². The fourth-order valence-corrected chi connectivity index (χ4v) is 5.49. The van der Waals surface area contributed by atoms with Gasteiger partial charge in [0.2, 0.25) is 0 Å². The number of carbonyl (C=O) groups is 1. The molecule has 0 aromatic carbocycles. The van der Waals surface area contributed by atoms with Crippen molar-refractivity contribution in [2.24, 2.45) is 5.92 Å². The van der Waals surface area contributed by atoms with Crippen LogP contribution in [0.2, 0.25) is 0 Å². The largest absolute Gasteiger partial charge is 0.481 e. The number of thiophene rings is 1. The Labute approximate surface area is 116 Å². The maximum Gasteiger partial charge on any atom is 0.308 e. The zero-order valence-corrected chi connectivity index (χ0v) is 12.5. The average molecular weight is 303 g/mol. The molecule has 0 aliphatic carbocycles. The van der Waals surface area contributed by atoms with Crippen LogP contribution in [0.4, 0.5) is 0 Å². The number of nitrogens with zero attached hydrogens (tertiary/aromatic N) is 1. The molecule has 1 saturated heterocycles. The van der Waals surface area contributed by atoms with E-state index in [-0.39, 0.29) is 6.54 Å². The highest BCUT2D eigenvalue weighted by atomic mass is 32.2. The second kappa shape index (κ2) is 5.22. The number of aryl methyl sites for hydroxylation is 1. The van der Waals surface area contributed by atoms with E-state index in [0.717, 1.165) is 11.3 Å². The quantitative estimate of drug-likeness (QED) is 0.920. The summed E-state index contributed by atoms with van der Waals surface area (Å²) < 4.78 is 26.6. The third kappa shape index (κ3) is 2.54. The zero-order chi connectivity index (χ0) is 14.2. The molecule has 0 bridgehead atoms. The molecule has 0 spiro atoms. The molecule has 19 heavy (non-hydrogen) atoms. The summed E-state index contributed by atoms with van der Waals surface area (Å²) in [4.78, 5) is 12.1. The third-order valence-corrected chi connectivity index (χ3v) is 7.25. The van der Waals surface area contributed by atoms with Crippen LogP contribution in [0.15, 0.2) is 16.3 Å². The fraction of sp³-hybridized carbons (Fsp3) is 0.583. The molecule has 106 valence electrons. The van der Waals surface area contributed by atoms with Crippen molar-refractivity contribution in [2.45, 2.75) is 36.9 Å². The van der Waals surface area contributed by atoms with E-state index in [1.54, 1.807) is 13.0 Å². The number of hydrogen-bond donors (Lipinski definition) is 1. The van der Waals surface area contributed by atoms with E-state index in [1.165, 1.54) is 15.6 Å². The molecule has 1 aliphatic rings. The smallest absolute Gasteiger partial charge is 0.308 e. The van der Waals surface area contributed by atoms with Gasteiger partial charge in [-0.2, -0.15) is 4.31 Å². The Hall–Kier alpha value is -0.920. The van der Waals surface area contributed by atoms with Crippen LogP contribution >= 0.6 is 11.3 Å². The van der Waals surface area contributed by atoms with Crippen LogP contribution < -0.4 is 0 Å². The summed E-state index contributed by atoms with van der Waals surface area (Å²) in [5.74, 6) is -1.54. The first-order chi connectivity index (χ1) is 8.87. The molecule has 5 nitrogen and oxygen atoms in total. The lowest BCUT2D eigenvalue weighted by Crippen LogP contribution is -2.37. The van der Waals surface area contributed by atoms with Gasteiger partial charge < -0.3 is 5.11 Å². The molecule has 1 aromatic heterocycles. The molecule has 2 atom stereocenters. The van der Waals surface area contributed by atoms with Crippen LogP contribution in [0.5, 0.6) is 0 Å². The highest BCUT2D eigenvalue weighted by molar-refractivity contribution is 7.91. The van der Waals surface area contributed by atoms with E-state index in [0.29, 0.717) is 10.6 Å². The molecule has 1 aliphatic heterocycles. The molecule has 0 saturated carbocycles. The normalized spacial score (nSPS) is 24.7. The van der Waals surface area contributed by atoms with Crippen molar-refractivity contribution in [1.29, 1.82) is 0 Å². The molecule has 7 heteroatoms. The summed E-state index contributed by atoms with van der Waals surface area (Å²) in [5, 5.41) is 9.06. The van der Waals surface area contributed by atoms with Crippen LogP contribution in [0.3, 0.4) is 0 Å². The molecule has 2 rings (SSSR count). The van der Waals surface area contributed by atoms with Crippen molar-refractivity contribution in [1.82, 2.24) is 4.31 Å². The topological polar surface area (TPSA) is 74.7 Å². The molecule has 1 aromatic rings. The predicted octanol–water partition coefficient (Wildman–Crippen LogP) is 1.79. The standard InChI is InChI=1S/C12H17NO4S2/c1-3-9-4-5-11(18-9)19(16,17)13-7-6-10(8(13)2)12(14)15/h4-5,8,10H,3,6-7H2,1-2H3,(H,14,15). The van der Waals surface area contributed by atoms with Crippen LogP contribution in [-0.2, 0) is 21.2 Å². The maximum absolute atomic E-state index is 12.5. The summed E-state index contributed by atoms with van der Waals surface area (Å²) in [6.07, 6.45) is 1.18. The van der Waals surface area contributed by atoms with Gasteiger partial charge in [-0.25, -0.2) is 8.42 Å². The van der Waals surface area contributed by atoms with Crippen molar-refractivity contribution in [2.75, 3.05) is 6.54 Å². The first-order valence-electron chi connectivity index (χ1n) is 6.21. The Morgan fingerprint density at radius 1 is 1.53 bits per heavy atom. The van der Waals surface area contributed by atoms with Crippen molar-refractivity contribution < 1.29 is 18.3 Å². The molecule has 0 radical (unpaired) electrons. The van der Waals surface area contributed by atoms with Crippen LogP contribution in [0, 0.1) is 5.92 Å². The summed E-state index contributed by atoms with van der Waals surface area (Å²) in [5.41, 5.74) is 0. The average Bonchev–Trinajstić information content (AvgIpc) is 2.94. The van der Waals surface area contributed by atoms with Gasteiger partial charge in [0, 0.05) is 17.5 Å². The van der Waals surface area contributed by atoms with Gasteiger partial charge in [0.05, 0.1) is 5.92 Å². The first kappa shape index (κ1) is 14.5. The second-order valence-corrected chi connectivity index (χ2v) is 7.95. The molecule has 1 fully saturated rings. The number of carboxylic acids is 1. The minimum Gasteiger partial charge on any atom is -0.481 e. The van der Waals surface area contributed by atoms with Gasteiger partial charge in [-0.05, 0) is 31.9 Å². The van der Waals surface area contributed by atoms with Gasteiger partial charge in [0.25, 0.3) is 10.0 Å². The second-order valence-electron chi connectivity index (χ2n) is 4.66. The molecule has 2 heterocycles. The predicted molar refractivity (Wildman–Crippen MR) is 72.8 cm³/mol. The van der Waals surface area contributed by atoms with Gasteiger partial charge in [0.1, 0.15) is 4.21 Å². The van der Waals surface area contributed by atoms with Gasteiger partial charge in [0.15, 0.2) is 0 Å². The summed E-state index contributed by atoms with van der Waals surface area (Å²) in [6.45, 7) is 3.92. The maximum atomic E-state index is 12.5. The van der Waals surface area contributed by atoms with E-state index in [9.17, 15) is 13.2 Å². The lowest BCUT2D eigenvalue weighted by atomic mass is 10.0. The van der Waals surface area contributed by atoms with Gasteiger partial charge in [-0.15, -0.1) is 11.3 Å². The Bertz CT molecular complexity index is 578. The molecule has 0 amide bonds. The first-order valence-corrected chi connectivity index (χ1v) is 8.47. The molecule has 1 N–H and O–H groups in total. The highest BCUT2D eigenvalue weighted by Gasteiger charge is 2.42. The SMILES string of the molecule is CCc1ccc(S(=O)(=O)N2CCC(C(=O)O)C2C)s1. The molecular weight excluding hydrogens is 286 g/mol. The Morgan fingerprint density at radius 3 is 2.68 bits per heavy atom. The van der Waals surface area contributed by atoms with E-state index >= 15 is 0 Å². The number of hydrogen-bond acceptors (Lipinski definition) is 4. The summed E-state index contributed by atoms with van der Waals surface area (Å²) in [6, 6.07) is 2.93. The van der Waals surface area contributed by atoms with E-state index in [4.69, 9.17) is 5.11 Å². The number of sulfonamides is 1. The number of rotatable bonds is 4. The number of carboxylic acid groups (broad SMARTS) is 1. The minimum atomic E-state index is -3.56. The van der Waals surface area contributed by atoms with Crippen LogP contribution in [-0.4, -0.2) is 36.4 Å². The van der Waals surface area contributed by atoms with Crippen molar-refractivity contribution in [3.63, 3.8) is 0 Å². The van der Waals surface area contributed by atoms with Crippen LogP contribution in [0.25, 0.3) is 0 Å². The number of aliphatic carboxylic acids is 1. The monoisotopic (exact) mass is 303 g/mol. The highest BCUT2D eigenvalue weighted by Crippen LogP contribution is 2.33. The molecular formula is C12H17NO4S2. The molecule has 2 unspecified atom stereocenters. The van der Waals surface area contributed by atoms with E-state index < -0.39 is 28.0 Å². The minimum absolute atomic E-state index is 0.278. The fourth-order valence-electron chi connectivity index (χ4n) is 2.38. The van der Waals surface area contributed by atoms with E-state index in [2.05, 4.69) is 0 Å². The van der Waals surface area contributed by atoms with E-state index in [1.807, 2.05) is 13.0 Å². The zero-order valence-electron chi connectivity index (χ0n) is 10.9. The lowest BCUT2D eigenvalue weighted by Gasteiger charge is -2.21. The summed E-state index contributed by atoms with van der Waals surface area (Å²) in [7, 11) is -3.56.